The van der Waals surface area contributed by atoms with Crippen molar-refractivity contribution in [2.75, 3.05) is 24.5 Å². The van der Waals surface area contributed by atoms with Crippen molar-refractivity contribution in [2.45, 2.75) is 46.5 Å². The first kappa shape index (κ1) is 18.4. The second-order valence-corrected chi connectivity index (χ2v) is 6.87. The summed E-state index contributed by atoms with van der Waals surface area (Å²) in [5.41, 5.74) is 3.80. The summed E-state index contributed by atoms with van der Waals surface area (Å²) in [5.74, 6) is 0.638. The Morgan fingerprint density at radius 3 is 2.62 bits per heavy atom. The smallest absolute Gasteiger partial charge is 0.272 e. The molecule has 1 amide bonds. The zero-order valence-electron chi connectivity index (χ0n) is 16.0. The minimum absolute atomic E-state index is 0.00532. The largest absolute Gasteiger partial charge is 0.337 e. The van der Waals surface area contributed by atoms with Crippen molar-refractivity contribution in [2.24, 2.45) is 0 Å². The molecule has 1 aromatic heterocycles. The second kappa shape index (κ2) is 8.30. The number of anilines is 2. The number of hydrogen-bond acceptors (Lipinski definition) is 4. The van der Waals surface area contributed by atoms with E-state index in [0.29, 0.717) is 11.6 Å². The molecule has 0 fully saturated rings. The van der Waals surface area contributed by atoms with Crippen molar-refractivity contribution in [1.29, 1.82) is 0 Å². The molecule has 138 valence electrons. The molecule has 2 heterocycles. The fourth-order valence-corrected chi connectivity index (χ4v) is 3.54. The molecular weight excluding hydrogens is 324 g/mol. The SMILES string of the molecule is CCCN(CCC)C(=O)c1cc(C)nc(N2CCCc3ccccc32)n1. The molecule has 0 unspecified atom stereocenters. The van der Waals surface area contributed by atoms with Gasteiger partial charge in [-0.2, -0.15) is 0 Å². The molecule has 0 saturated carbocycles. The number of amides is 1. The molecule has 2 aromatic rings. The van der Waals surface area contributed by atoms with Gasteiger partial charge in [0.1, 0.15) is 5.69 Å². The second-order valence-electron chi connectivity index (χ2n) is 6.87. The third-order valence-corrected chi connectivity index (χ3v) is 4.69. The Hall–Kier alpha value is -2.43. The lowest BCUT2D eigenvalue weighted by molar-refractivity contribution is 0.0749. The van der Waals surface area contributed by atoms with Crippen LogP contribution in [0.15, 0.2) is 30.3 Å². The Labute approximate surface area is 156 Å². The van der Waals surface area contributed by atoms with Gasteiger partial charge in [-0.1, -0.05) is 32.0 Å². The molecule has 3 rings (SSSR count). The fourth-order valence-electron chi connectivity index (χ4n) is 3.54. The van der Waals surface area contributed by atoms with Gasteiger partial charge in [0.05, 0.1) is 0 Å². The minimum Gasteiger partial charge on any atom is -0.337 e. The standard InChI is InChI=1S/C21H28N4O/c1-4-12-24(13-5-2)20(26)18-15-16(3)22-21(23-18)25-14-8-10-17-9-6-7-11-19(17)25/h6-7,9,11,15H,4-5,8,10,12-14H2,1-3H3. The van der Waals surface area contributed by atoms with Crippen LogP contribution in [0, 0.1) is 6.92 Å². The van der Waals surface area contributed by atoms with E-state index >= 15 is 0 Å². The average molecular weight is 352 g/mol. The highest BCUT2D eigenvalue weighted by Gasteiger charge is 2.23. The molecule has 0 spiro atoms. The predicted octanol–water partition coefficient (Wildman–Crippen LogP) is 4.13. The number of nitrogens with zero attached hydrogens (tertiary/aromatic N) is 4. The number of para-hydroxylation sites is 1. The van der Waals surface area contributed by atoms with E-state index in [0.717, 1.165) is 56.7 Å². The van der Waals surface area contributed by atoms with Gasteiger partial charge in [-0.25, -0.2) is 9.97 Å². The minimum atomic E-state index is 0.00532. The van der Waals surface area contributed by atoms with Crippen LogP contribution in [-0.4, -0.2) is 40.4 Å². The number of hydrogen-bond donors (Lipinski definition) is 0. The van der Waals surface area contributed by atoms with Crippen molar-refractivity contribution >= 4 is 17.5 Å². The molecule has 0 radical (unpaired) electrons. The number of benzene rings is 1. The topological polar surface area (TPSA) is 49.3 Å². The normalized spacial score (nSPS) is 13.4. The Bertz CT molecular complexity index is 768. The number of fused-ring (bicyclic) bond motifs is 1. The number of aromatic nitrogens is 2. The molecule has 1 aliphatic heterocycles. The molecule has 26 heavy (non-hydrogen) atoms. The summed E-state index contributed by atoms with van der Waals surface area (Å²) >= 11 is 0. The van der Waals surface area contributed by atoms with Gasteiger partial charge >= 0.3 is 0 Å². The molecular formula is C21H28N4O. The molecule has 0 bridgehead atoms. The molecule has 0 atom stereocenters. The van der Waals surface area contributed by atoms with E-state index in [-0.39, 0.29) is 5.91 Å². The van der Waals surface area contributed by atoms with Crippen LogP contribution in [-0.2, 0) is 6.42 Å². The van der Waals surface area contributed by atoms with E-state index in [2.05, 4.69) is 46.9 Å². The first-order valence-corrected chi connectivity index (χ1v) is 9.64. The maximum atomic E-state index is 13.0. The van der Waals surface area contributed by atoms with Gasteiger partial charge in [0, 0.05) is 31.0 Å². The van der Waals surface area contributed by atoms with Crippen molar-refractivity contribution in [3.63, 3.8) is 0 Å². The molecule has 0 aliphatic carbocycles. The van der Waals surface area contributed by atoms with Gasteiger partial charge in [0.25, 0.3) is 5.91 Å². The van der Waals surface area contributed by atoms with Gasteiger partial charge in [0.15, 0.2) is 0 Å². The van der Waals surface area contributed by atoms with Gasteiger partial charge in [0.2, 0.25) is 5.95 Å². The van der Waals surface area contributed by atoms with Crippen LogP contribution in [0.2, 0.25) is 0 Å². The van der Waals surface area contributed by atoms with Crippen LogP contribution in [0.5, 0.6) is 0 Å². The number of aryl methyl sites for hydroxylation is 2. The van der Waals surface area contributed by atoms with Crippen LogP contribution in [0.4, 0.5) is 11.6 Å². The third-order valence-electron chi connectivity index (χ3n) is 4.69. The summed E-state index contributed by atoms with van der Waals surface area (Å²) < 4.78 is 0. The van der Waals surface area contributed by atoms with Crippen molar-refractivity contribution in [1.82, 2.24) is 14.9 Å². The van der Waals surface area contributed by atoms with Crippen LogP contribution < -0.4 is 4.90 Å². The lowest BCUT2D eigenvalue weighted by atomic mass is 10.0. The average Bonchev–Trinajstić information content (AvgIpc) is 2.66. The summed E-state index contributed by atoms with van der Waals surface area (Å²) in [6.45, 7) is 8.52. The van der Waals surface area contributed by atoms with Gasteiger partial charge in [-0.3, -0.25) is 4.79 Å². The number of rotatable bonds is 6. The summed E-state index contributed by atoms with van der Waals surface area (Å²) in [5, 5.41) is 0. The quantitative estimate of drug-likeness (QED) is 0.784. The Morgan fingerprint density at radius 1 is 1.15 bits per heavy atom. The van der Waals surface area contributed by atoms with Gasteiger partial charge < -0.3 is 9.80 Å². The number of carbonyl (C=O) groups is 1. The summed E-state index contributed by atoms with van der Waals surface area (Å²) in [6, 6.07) is 10.2. The lowest BCUT2D eigenvalue weighted by Gasteiger charge is -2.30. The third kappa shape index (κ3) is 3.87. The van der Waals surface area contributed by atoms with E-state index in [9.17, 15) is 4.79 Å². The molecule has 0 saturated heterocycles. The van der Waals surface area contributed by atoms with Gasteiger partial charge in [-0.05, 0) is 50.3 Å². The van der Waals surface area contributed by atoms with E-state index in [1.807, 2.05) is 17.9 Å². The Kier molecular flexibility index (Phi) is 5.86. The van der Waals surface area contributed by atoms with Crippen LogP contribution in [0.1, 0.15) is 54.9 Å². The monoisotopic (exact) mass is 352 g/mol. The molecule has 5 nitrogen and oxygen atoms in total. The van der Waals surface area contributed by atoms with Crippen LogP contribution in [0.3, 0.4) is 0 Å². The molecule has 1 aliphatic rings. The Balaban J connectivity index is 1.95. The molecule has 1 aromatic carbocycles. The molecule has 5 heteroatoms. The first-order valence-electron chi connectivity index (χ1n) is 9.64. The maximum absolute atomic E-state index is 13.0. The van der Waals surface area contributed by atoms with E-state index in [1.54, 1.807) is 6.07 Å². The zero-order chi connectivity index (χ0) is 18.5. The van der Waals surface area contributed by atoms with Crippen molar-refractivity contribution in [3.05, 3.63) is 47.3 Å². The highest BCUT2D eigenvalue weighted by molar-refractivity contribution is 5.92. The van der Waals surface area contributed by atoms with E-state index in [4.69, 9.17) is 0 Å². The summed E-state index contributed by atoms with van der Waals surface area (Å²) in [6.07, 6.45) is 4.03. The molecule has 0 N–H and O–H groups in total. The van der Waals surface area contributed by atoms with Gasteiger partial charge in [-0.15, -0.1) is 0 Å². The lowest BCUT2D eigenvalue weighted by Crippen LogP contribution is -2.34. The van der Waals surface area contributed by atoms with Crippen molar-refractivity contribution < 1.29 is 4.79 Å². The number of carbonyl (C=O) groups excluding carboxylic acids is 1. The summed E-state index contributed by atoms with van der Waals surface area (Å²) in [7, 11) is 0. The van der Waals surface area contributed by atoms with Crippen LogP contribution in [0.25, 0.3) is 0 Å². The predicted molar refractivity (Wildman–Crippen MR) is 105 cm³/mol. The maximum Gasteiger partial charge on any atom is 0.272 e. The fraction of sp³-hybridized carbons (Fsp3) is 0.476. The van der Waals surface area contributed by atoms with E-state index < -0.39 is 0 Å². The van der Waals surface area contributed by atoms with Crippen molar-refractivity contribution in [3.8, 4) is 0 Å². The Morgan fingerprint density at radius 2 is 1.88 bits per heavy atom. The highest BCUT2D eigenvalue weighted by Crippen LogP contribution is 2.31. The van der Waals surface area contributed by atoms with E-state index in [1.165, 1.54) is 5.56 Å². The first-order chi connectivity index (χ1) is 12.6. The zero-order valence-corrected chi connectivity index (χ0v) is 16.0. The van der Waals surface area contributed by atoms with Crippen LogP contribution >= 0.6 is 0 Å². The summed E-state index contributed by atoms with van der Waals surface area (Å²) in [4.78, 5) is 26.3. The highest BCUT2D eigenvalue weighted by atomic mass is 16.2.